The second-order valence-corrected chi connectivity index (χ2v) is 7.16. The Labute approximate surface area is 130 Å². The van der Waals surface area contributed by atoms with Gasteiger partial charge in [0.25, 0.3) is 0 Å². The predicted octanol–water partition coefficient (Wildman–Crippen LogP) is 4.42. The highest BCUT2D eigenvalue weighted by atomic mass is 32.1. The lowest BCUT2D eigenvalue weighted by Gasteiger charge is -2.13. The molecule has 2 aromatic rings. The van der Waals surface area contributed by atoms with Crippen molar-refractivity contribution < 1.29 is 0 Å². The summed E-state index contributed by atoms with van der Waals surface area (Å²) >= 11 is 1.74. The highest BCUT2D eigenvalue weighted by Gasteiger charge is 2.16. The number of aromatic nitrogens is 2. The van der Waals surface area contributed by atoms with Gasteiger partial charge in [0.1, 0.15) is 10.6 Å². The van der Waals surface area contributed by atoms with Crippen LogP contribution in [0.3, 0.4) is 0 Å². The number of thiophene rings is 1. The zero-order valence-corrected chi connectivity index (χ0v) is 13.7. The number of fused-ring (bicyclic) bond motifs is 1. The van der Waals surface area contributed by atoms with E-state index in [-0.39, 0.29) is 0 Å². The summed E-state index contributed by atoms with van der Waals surface area (Å²) in [5.74, 6) is 2.55. The zero-order chi connectivity index (χ0) is 14.7. The molecule has 4 nitrogen and oxygen atoms in total. The van der Waals surface area contributed by atoms with Gasteiger partial charge in [0, 0.05) is 18.0 Å². The van der Waals surface area contributed by atoms with Crippen LogP contribution in [-0.4, -0.2) is 23.1 Å². The summed E-state index contributed by atoms with van der Waals surface area (Å²) in [5, 5.41) is 8.05. The summed E-state index contributed by atoms with van der Waals surface area (Å²) in [6.45, 7) is 6.23. The minimum Gasteiger partial charge on any atom is -0.369 e. The van der Waals surface area contributed by atoms with Gasteiger partial charge in [0.15, 0.2) is 0 Å². The van der Waals surface area contributed by atoms with Gasteiger partial charge in [-0.2, -0.15) is 4.98 Å². The van der Waals surface area contributed by atoms with Crippen LogP contribution in [-0.2, 0) is 0 Å². The Kier molecular flexibility index (Phi) is 4.58. The average molecular weight is 304 g/mol. The number of hydrogen-bond acceptors (Lipinski definition) is 5. The Bertz CT molecular complexity index is 602. The molecule has 21 heavy (non-hydrogen) atoms. The van der Waals surface area contributed by atoms with E-state index in [0.29, 0.717) is 0 Å². The van der Waals surface area contributed by atoms with E-state index >= 15 is 0 Å². The number of anilines is 2. The number of nitrogens with one attached hydrogen (secondary N) is 2. The lowest BCUT2D eigenvalue weighted by molar-refractivity contribution is 0.579. The van der Waals surface area contributed by atoms with Crippen molar-refractivity contribution in [3.63, 3.8) is 0 Å². The normalized spacial score (nSPS) is 15.7. The van der Waals surface area contributed by atoms with Crippen molar-refractivity contribution in [2.45, 2.75) is 46.0 Å². The highest BCUT2D eigenvalue weighted by molar-refractivity contribution is 7.18. The van der Waals surface area contributed by atoms with Gasteiger partial charge in [-0.15, -0.1) is 11.3 Å². The van der Waals surface area contributed by atoms with E-state index in [0.717, 1.165) is 47.4 Å². The minimum atomic E-state index is 0.750. The number of aryl methyl sites for hydroxylation is 1. The second kappa shape index (κ2) is 6.60. The Morgan fingerprint density at radius 3 is 2.81 bits per heavy atom. The fourth-order valence-corrected chi connectivity index (χ4v) is 3.83. The smallest absolute Gasteiger partial charge is 0.226 e. The summed E-state index contributed by atoms with van der Waals surface area (Å²) < 4.78 is 0. The summed E-state index contributed by atoms with van der Waals surface area (Å²) in [6, 6.07) is 2.20. The summed E-state index contributed by atoms with van der Waals surface area (Å²) in [6.07, 6.45) is 6.55. The Balaban J connectivity index is 1.82. The third-order valence-electron chi connectivity index (χ3n) is 4.08. The highest BCUT2D eigenvalue weighted by Crippen LogP contribution is 2.31. The van der Waals surface area contributed by atoms with Gasteiger partial charge in [-0.3, -0.25) is 0 Å². The average Bonchev–Trinajstić information content (AvgIpc) is 3.10. The van der Waals surface area contributed by atoms with Gasteiger partial charge in [-0.25, -0.2) is 4.98 Å². The third kappa shape index (κ3) is 3.46. The van der Waals surface area contributed by atoms with Gasteiger partial charge in [-0.1, -0.05) is 19.8 Å². The van der Waals surface area contributed by atoms with E-state index in [1.54, 1.807) is 11.3 Å². The van der Waals surface area contributed by atoms with Crippen molar-refractivity contribution in [1.29, 1.82) is 0 Å². The molecule has 5 heteroatoms. The van der Waals surface area contributed by atoms with Crippen molar-refractivity contribution in [2.24, 2.45) is 5.92 Å². The molecule has 1 fully saturated rings. The molecule has 0 amide bonds. The molecule has 0 aromatic carbocycles. The largest absolute Gasteiger partial charge is 0.369 e. The molecule has 2 heterocycles. The monoisotopic (exact) mass is 304 g/mol. The van der Waals surface area contributed by atoms with Crippen LogP contribution in [0.5, 0.6) is 0 Å². The van der Waals surface area contributed by atoms with Crippen LogP contribution in [0.1, 0.15) is 43.9 Å². The Morgan fingerprint density at radius 2 is 2.05 bits per heavy atom. The lowest BCUT2D eigenvalue weighted by atomic mass is 10.1. The zero-order valence-electron chi connectivity index (χ0n) is 12.9. The van der Waals surface area contributed by atoms with Crippen molar-refractivity contribution in [3.05, 3.63) is 10.9 Å². The molecule has 114 valence electrons. The van der Waals surface area contributed by atoms with Crippen molar-refractivity contribution in [2.75, 3.05) is 23.7 Å². The van der Waals surface area contributed by atoms with E-state index in [1.165, 1.54) is 30.6 Å². The first-order valence-electron chi connectivity index (χ1n) is 8.02. The molecule has 2 N–H and O–H groups in total. The van der Waals surface area contributed by atoms with Gasteiger partial charge in [0.05, 0.1) is 5.39 Å². The minimum absolute atomic E-state index is 0.750. The molecule has 0 radical (unpaired) electrons. The quantitative estimate of drug-likeness (QED) is 0.829. The third-order valence-corrected chi connectivity index (χ3v) is 5.03. The van der Waals surface area contributed by atoms with E-state index in [2.05, 4.69) is 40.5 Å². The molecule has 0 atom stereocenters. The molecule has 0 bridgehead atoms. The molecule has 3 rings (SSSR count). The van der Waals surface area contributed by atoms with Crippen molar-refractivity contribution in [3.8, 4) is 0 Å². The molecule has 1 aliphatic carbocycles. The molecular formula is C16H24N4S. The van der Waals surface area contributed by atoms with E-state index in [9.17, 15) is 0 Å². The summed E-state index contributed by atoms with van der Waals surface area (Å²) in [7, 11) is 0. The summed E-state index contributed by atoms with van der Waals surface area (Å²) in [5.41, 5.74) is 0. The fraction of sp³-hybridized carbons (Fsp3) is 0.625. The van der Waals surface area contributed by atoms with Crippen LogP contribution in [0.4, 0.5) is 11.8 Å². The molecule has 0 spiro atoms. The van der Waals surface area contributed by atoms with Crippen LogP contribution in [0.15, 0.2) is 6.07 Å². The predicted molar refractivity (Wildman–Crippen MR) is 91.4 cm³/mol. The first-order chi connectivity index (χ1) is 10.3. The molecular weight excluding hydrogens is 280 g/mol. The van der Waals surface area contributed by atoms with Gasteiger partial charge in [-0.05, 0) is 38.2 Å². The standard InChI is InChI=1S/C16H24N4S/c1-3-8-17-16-19-14(18-10-12-6-4-5-7-12)13-9-11(2)21-15(13)20-16/h9,12H,3-8,10H2,1-2H3,(H2,17,18,19,20). The Hall–Kier alpha value is -1.36. The Morgan fingerprint density at radius 1 is 1.24 bits per heavy atom. The van der Waals surface area contributed by atoms with Crippen molar-refractivity contribution >= 4 is 33.3 Å². The molecule has 2 aromatic heterocycles. The van der Waals surface area contributed by atoms with Gasteiger partial charge < -0.3 is 10.6 Å². The summed E-state index contributed by atoms with van der Waals surface area (Å²) in [4.78, 5) is 11.7. The number of nitrogens with zero attached hydrogens (tertiary/aromatic N) is 2. The number of rotatable bonds is 6. The second-order valence-electron chi connectivity index (χ2n) is 5.93. The van der Waals surface area contributed by atoms with Gasteiger partial charge in [0.2, 0.25) is 5.95 Å². The van der Waals surface area contributed by atoms with E-state index in [4.69, 9.17) is 0 Å². The molecule has 0 saturated heterocycles. The first-order valence-corrected chi connectivity index (χ1v) is 8.84. The van der Waals surface area contributed by atoms with Crippen LogP contribution in [0, 0.1) is 12.8 Å². The molecule has 0 unspecified atom stereocenters. The van der Waals surface area contributed by atoms with Crippen molar-refractivity contribution in [1.82, 2.24) is 9.97 Å². The van der Waals surface area contributed by atoms with Crippen LogP contribution in [0.25, 0.3) is 10.2 Å². The van der Waals surface area contributed by atoms with E-state index in [1.807, 2.05) is 0 Å². The molecule has 1 aliphatic rings. The topological polar surface area (TPSA) is 49.8 Å². The van der Waals surface area contributed by atoms with Crippen LogP contribution in [0.2, 0.25) is 0 Å². The number of hydrogen-bond donors (Lipinski definition) is 2. The van der Waals surface area contributed by atoms with Crippen LogP contribution >= 0.6 is 11.3 Å². The fourth-order valence-electron chi connectivity index (χ4n) is 2.95. The maximum absolute atomic E-state index is 4.69. The maximum atomic E-state index is 4.69. The maximum Gasteiger partial charge on any atom is 0.226 e. The SMILES string of the molecule is CCCNc1nc(NCC2CCCC2)c2cc(C)sc2n1. The van der Waals surface area contributed by atoms with Crippen LogP contribution < -0.4 is 10.6 Å². The van der Waals surface area contributed by atoms with Gasteiger partial charge >= 0.3 is 0 Å². The molecule has 0 aliphatic heterocycles. The van der Waals surface area contributed by atoms with E-state index < -0.39 is 0 Å². The lowest BCUT2D eigenvalue weighted by Crippen LogP contribution is -2.13. The first kappa shape index (κ1) is 14.6. The molecule has 1 saturated carbocycles.